The van der Waals surface area contributed by atoms with Crippen molar-refractivity contribution in [2.75, 3.05) is 20.1 Å². The van der Waals surface area contributed by atoms with Crippen LogP contribution in [0.3, 0.4) is 0 Å². The second kappa shape index (κ2) is 6.53. The zero-order chi connectivity index (χ0) is 19.1. The molecule has 1 aromatic heterocycles. The number of carbonyl (C=O) groups excluding carboxylic acids is 3. The summed E-state index contributed by atoms with van der Waals surface area (Å²) < 4.78 is 1.75. The van der Waals surface area contributed by atoms with Crippen LogP contribution in [0.1, 0.15) is 16.9 Å². The van der Waals surface area contributed by atoms with E-state index >= 15 is 0 Å². The smallest absolute Gasteiger partial charge is 0.269 e. The van der Waals surface area contributed by atoms with Crippen LogP contribution in [-0.2, 0) is 16.6 Å². The predicted molar refractivity (Wildman–Crippen MR) is 97.7 cm³/mol. The summed E-state index contributed by atoms with van der Waals surface area (Å²) in [7, 11) is 3.43. The van der Waals surface area contributed by atoms with Crippen molar-refractivity contribution in [3.05, 3.63) is 42.2 Å². The summed E-state index contributed by atoms with van der Waals surface area (Å²) in [6.45, 7) is 0.455. The third-order valence-electron chi connectivity index (χ3n) is 5.24. The summed E-state index contributed by atoms with van der Waals surface area (Å²) in [6, 6.07) is 8.91. The van der Waals surface area contributed by atoms with Gasteiger partial charge in [-0.25, -0.2) is 4.98 Å². The van der Waals surface area contributed by atoms with Crippen LogP contribution in [0.5, 0.6) is 0 Å². The Bertz CT molecular complexity index is 907. The molecule has 8 nitrogen and oxygen atoms in total. The van der Waals surface area contributed by atoms with E-state index in [0.29, 0.717) is 24.5 Å². The van der Waals surface area contributed by atoms with Crippen molar-refractivity contribution in [3.8, 4) is 11.4 Å². The Morgan fingerprint density at radius 3 is 2.67 bits per heavy atom. The van der Waals surface area contributed by atoms with Crippen LogP contribution in [0.2, 0.25) is 0 Å². The quantitative estimate of drug-likeness (QED) is 0.843. The zero-order valence-electron chi connectivity index (χ0n) is 15.3. The number of rotatable bonds is 3. The normalized spacial score (nSPS) is 22.1. The maximum absolute atomic E-state index is 12.7. The van der Waals surface area contributed by atoms with E-state index in [4.69, 9.17) is 0 Å². The number of nitrogens with zero attached hydrogens (tertiary/aromatic N) is 4. The summed E-state index contributed by atoms with van der Waals surface area (Å²) in [5, 5.41) is 2.95. The number of hydrogen-bond acceptors (Lipinski definition) is 4. The van der Waals surface area contributed by atoms with Crippen LogP contribution in [0.25, 0.3) is 11.4 Å². The Morgan fingerprint density at radius 2 is 1.93 bits per heavy atom. The van der Waals surface area contributed by atoms with Gasteiger partial charge in [0, 0.05) is 32.2 Å². The summed E-state index contributed by atoms with van der Waals surface area (Å²) in [6.07, 6.45) is 1.98. The molecular formula is C19H21N5O3. The lowest BCUT2D eigenvalue weighted by Crippen LogP contribution is -2.55. The van der Waals surface area contributed by atoms with E-state index in [1.54, 1.807) is 29.8 Å². The molecule has 0 aliphatic carbocycles. The first-order valence-electron chi connectivity index (χ1n) is 8.88. The van der Waals surface area contributed by atoms with Crippen molar-refractivity contribution in [3.63, 3.8) is 0 Å². The van der Waals surface area contributed by atoms with Gasteiger partial charge >= 0.3 is 0 Å². The van der Waals surface area contributed by atoms with Crippen molar-refractivity contribution in [2.45, 2.75) is 18.5 Å². The molecule has 0 radical (unpaired) electrons. The van der Waals surface area contributed by atoms with Crippen molar-refractivity contribution in [1.82, 2.24) is 24.7 Å². The molecule has 2 saturated heterocycles. The van der Waals surface area contributed by atoms with E-state index in [0.717, 1.165) is 5.56 Å². The molecule has 2 atom stereocenters. The summed E-state index contributed by atoms with van der Waals surface area (Å²) in [4.78, 5) is 44.5. The highest BCUT2D eigenvalue weighted by molar-refractivity contribution is 5.96. The highest BCUT2D eigenvalue weighted by Crippen LogP contribution is 2.24. The fourth-order valence-corrected chi connectivity index (χ4v) is 3.81. The van der Waals surface area contributed by atoms with E-state index in [-0.39, 0.29) is 30.3 Å². The number of carbonyl (C=O) groups is 3. The van der Waals surface area contributed by atoms with Gasteiger partial charge in [0.15, 0.2) is 0 Å². The number of aromatic nitrogens is 2. The molecule has 140 valence electrons. The van der Waals surface area contributed by atoms with Crippen molar-refractivity contribution in [1.29, 1.82) is 0 Å². The lowest BCUT2D eigenvalue weighted by molar-refractivity contribution is -0.152. The minimum absolute atomic E-state index is 0.0711. The minimum atomic E-state index is -0.479. The molecule has 3 heterocycles. The molecular weight excluding hydrogens is 346 g/mol. The average Bonchev–Trinajstić information content (AvgIpc) is 3.25. The standard InChI is InChI=1S/C19H21N5O3/c1-22-11-16(25)24-10-13(8-14(24)19(22)27)21-18(26)15-9-20-17(23(15)2)12-6-4-3-5-7-12/h3-7,9,13-14H,8,10-11H2,1-2H3,(H,21,26)/t13-,14-/m0/s1. The van der Waals surface area contributed by atoms with E-state index in [1.165, 1.54) is 4.90 Å². The minimum Gasteiger partial charge on any atom is -0.346 e. The van der Waals surface area contributed by atoms with Gasteiger partial charge in [0.05, 0.1) is 12.7 Å². The van der Waals surface area contributed by atoms with Gasteiger partial charge in [-0.15, -0.1) is 0 Å². The van der Waals surface area contributed by atoms with E-state index in [1.807, 2.05) is 30.3 Å². The highest BCUT2D eigenvalue weighted by atomic mass is 16.2. The summed E-state index contributed by atoms with van der Waals surface area (Å²) in [5.74, 6) is 0.297. The third-order valence-corrected chi connectivity index (χ3v) is 5.24. The van der Waals surface area contributed by atoms with Gasteiger partial charge in [-0.3, -0.25) is 14.4 Å². The van der Waals surface area contributed by atoms with Crippen LogP contribution in [-0.4, -0.2) is 69.3 Å². The van der Waals surface area contributed by atoms with Gasteiger partial charge in [-0.05, 0) is 6.42 Å². The Morgan fingerprint density at radius 1 is 1.19 bits per heavy atom. The molecule has 2 aliphatic heterocycles. The number of benzene rings is 1. The Kier molecular flexibility index (Phi) is 4.18. The SMILES string of the molecule is CN1CC(=O)N2C[C@@H](NC(=O)c3cnc(-c4ccccc4)n3C)C[C@H]2C1=O. The number of piperazine rings is 1. The van der Waals surface area contributed by atoms with Crippen LogP contribution in [0.15, 0.2) is 36.5 Å². The van der Waals surface area contributed by atoms with Crippen LogP contribution in [0.4, 0.5) is 0 Å². The Labute approximate surface area is 156 Å². The van der Waals surface area contributed by atoms with Crippen molar-refractivity contribution >= 4 is 17.7 Å². The monoisotopic (exact) mass is 367 g/mol. The number of imidazole rings is 1. The number of hydrogen-bond donors (Lipinski definition) is 1. The molecule has 8 heteroatoms. The van der Waals surface area contributed by atoms with Gasteiger partial charge in [0.1, 0.15) is 17.6 Å². The van der Waals surface area contributed by atoms with Crippen LogP contribution >= 0.6 is 0 Å². The third kappa shape index (κ3) is 2.97. The largest absolute Gasteiger partial charge is 0.346 e. The molecule has 0 saturated carbocycles. The molecule has 0 spiro atoms. The molecule has 3 amide bonds. The summed E-state index contributed by atoms with van der Waals surface area (Å²) in [5.41, 5.74) is 1.37. The fraction of sp³-hybridized carbons (Fsp3) is 0.368. The van der Waals surface area contributed by atoms with Crippen LogP contribution < -0.4 is 5.32 Å². The molecule has 1 aromatic carbocycles. The topological polar surface area (TPSA) is 87.5 Å². The van der Waals surface area contributed by atoms with Crippen LogP contribution in [0, 0.1) is 0 Å². The Hall–Kier alpha value is -3.16. The first-order valence-corrected chi connectivity index (χ1v) is 8.88. The van der Waals surface area contributed by atoms with E-state index in [2.05, 4.69) is 10.3 Å². The maximum Gasteiger partial charge on any atom is 0.269 e. The first-order chi connectivity index (χ1) is 13.0. The van der Waals surface area contributed by atoms with Gasteiger partial charge in [0.25, 0.3) is 5.91 Å². The van der Waals surface area contributed by atoms with Gasteiger partial charge in [-0.1, -0.05) is 30.3 Å². The fourth-order valence-electron chi connectivity index (χ4n) is 3.81. The second-order valence-electron chi connectivity index (χ2n) is 7.05. The summed E-state index contributed by atoms with van der Waals surface area (Å²) >= 11 is 0. The zero-order valence-corrected chi connectivity index (χ0v) is 15.3. The maximum atomic E-state index is 12.7. The van der Waals surface area contributed by atoms with Crippen molar-refractivity contribution < 1.29 is 14.4 Å². The molecule has 0 bridgehead atoms. The molecule has 1 N–H and O–H groups in total. The molecule has 27 heavy (non-hydrogen) atoms. The molecule has 4 rings (SSSR count). The number of amides is 3. The highest BCUT2D eigenvalue weighted by Gasteiger charge is 2.45. The number of likely N-dealkylation sites (N-methyl/N-ethyl adjacent to an activating group) is 1. The lowest BCUT2D eigenvalue weighted by atomic mass is 10.1. The number of nitrogens with one attached hydrogen (secondary N) is 1. The van der Waals surface area contributed by atoms with E-state index < -0.39 is 6.04 Å². The predicted octanol–water partition coefficient (Wildman–Crippen LogP) is 0.258. The van der Waals surface area contributed by atoms with E-state index in [9.17, 15) is 14.4 Å². The number of fused-ring (bicyclic) bond motifs is 1. The molecule has 0 unspecified atom stereocenters. The van der Waals surface area contributed by atoms with Crippen molar-refractivity contribution in [2.24, 2.45) is 7.05 Å². The first kappa shape index (κ1) is 17.3. The van der Waals surface area contributed by atoms with Gasteiger partial charge in [0.2, 0.25) is 11.8 Å². The van der Waals surface area contributed by atoms with Gasteiger partial charge in [-0.2, -0.15) is 0 Å². The lowest BCUT2D eigenvalue weighted by Gasteiger charge is -2.33. The molecule has 2 aliphatic rings. The second-order valence-corrected chi connectivity index (χ2v) is 7.05. The Balaban J connectivity index is 1.49. The average molecular weight is 367 g/mol. The van der Waals surface area contributed by atoms with Gasteiger partial charge < -0.3 is 19.7 Å². The molecule has 2 aromatic rings. The molecule has 2 fully saturated rings.